The lowest BCUT2D eigenvalue weighted by Crippen LogP contribution is -2.63. The maximum Gasteiger partial charge on any atom is 0.217 e. The van der Waals surface area contributed by atoms with E-state index in [4.69, 9.17) is 0 Å². The van der Waals surface area contributed by atoms with E-state index in [1.807, 2.05) is 0 Å². The molecule has 0 aromatic carbocycles. The highest BCUT2D eigenvalue weighted by molar-refractivity contribution is 5.73. The Kier molecular flexibility index (Phi) is 2.01. The van der Waals surface area contributed by atoms with Gasteiger partial charge in [0.2, 0.25) is 5.91 Å². The number of hydrogen-bond donors (Lipinski definition) is 1. The van der Waals surface area contributed by atoms with Crippen LogP contribution in [0.5, 0.6) is 0 Å². The molecule has 1 unspecified atom stereocenters. The Bertz CT molecular complexity index is 340. The van der Waals surface area contributed by atoms with Gasteiger partial charge in [-0.05, 0) is 54.8 Å². The second-order valence-corrected chi connectivity index (χ2v) is 7.29. The quantitative estimate of drug-likeness (QED) is 0.724. The van der Waals surface area contributed by atoms with Crippen molar-refractivity contribution in [1.29, 1.82) is 0 Å². The second-order valence-electron chi connectivity index (χ2n) is 7.29. The van der Waals surface area contributed by atoms with Gasteiger partial charge >= 0.3 is 0 Å². The Morgan fingerprint density at radius 2 is 2.00 bits per heavy atom. The molecule has 2 heteroatoms. The van der Waals surface area contributed by atoms with Crippen molar-refractivity contribution in [2.45, 2.75) is 58.9 Å². The first-order valence-corrected chi connectivity index (χ1v) is 6.67. The second kappa shape index (κ2) is 3.02. The minimum atomic E-state index is 0.156. The van der Waals surface area contributed by atoms with Gasteiger partial charge < -0.3 is 5.32 Å². The van der Waals surface area contributed by atoms with Crippen molar-refractivity contribution in [1.82, 2.24) is 5.32 Å². The van der Waals surface area contributed by atoms with Gasteiger partial charge in [-0.3, -0.25) is 4.79 Å². The fraction of sp³-hybridized carbons (Fsp3) is 0.929. The van der Waals surface area contributed by atoms with Crippen LogP contribution in [-0.2, 0) is 4.79 Å². The molecule has 0 aromatic heterocycles. The van der Waals surface area contributed by atoms with Gasteiger partial charge in [0.15, 0.2) is 0 Å². The Labute approximate surface area is 98.2 Å². The summed E-state index contributed by atoms with van der Waals surface area (Å²) in [4.78, 5) is 11.3. The van der Waals surface area contributed by atoms with Gasteiger partial charge in [0, 0.05) is 13.0 Å². The summed E-state index contributed by atoms with van der Waals surface area (Å²) in [5.41, 5.74) is 0.958. The summed E-state index contributed by atoms with van der Waals surface area (Å²) in [6.45, 7) is 6.53. The molecule has 0 spiro atoms. The van der Waals surface area contributed by atoms with E-state index < -0.39 is 0 Å². The molecule has 4 aliphatic rings. The van der Waals surface area contributed by atoms with E-state index in [0.717, 1.165) is 11.8 Å². The van der Waals surface area contributed by atoms with Crippen molar-refractivity contribution in [3.8, 4) is 0 Å². The predicted molar refractivity (Wildman–Crippen MR) is 63.9 cm³/mol. The SMILES string of the molecule is CC(=O)NC1[C@H]2C[C@@H]3C[C@](C)(C2)C[C@@]1(C)C3. The third-order valence-electron chi connectivity index (χ3n) is 5.34. The molecule has 1 amide bonds. The van der Waals surface area contributed by atoms with Crippen molar-refractivity contribution in [2.75, 3.05) is 0 Å². The lowest BCUT2D eigenvalue weighted by Gasteiger charge is -2.64. The lowest BCUT2D eigenvalue weighted by atomic mass is 9.43. The van der Waals surface area contributed by atoms with E-state index in [9.17, 15) is 4.79 Å². The summed E-state index contributed by atoms with van der Waals surface area (Å²) in [5, 5.41) is 3.24. The molecular formula is C14H23NO. The van der Waals surface area contributed by atoms with E-state index in [1.54, 1.807) is 6.92 Å². The van der Waals surface area contributed by atoms with Crippen LogP contribution in [0.4, 0.5) is 0 Å². The molecule has 4 aliphatic carbocycles. The van der Waals surface area contributed by atoms with Crippen LogP contribution in [0.15, 0.2) is 0 Å². The first kappa shape index (κ1) is 10.6. The molecule has 0 aliphatic heterocycles. The average Bonchev–Trinajstić information content (AvgIpc) is 2.07. The zero-order chi connectivity index (χ0) is 11.6. The molecule has 0 saturated heterocycles. The summed E-state index contributed by atoms with van der Waals surface area (Å²) in [5.74, 6) is 1.84. The van der Waals surface area contributed by atoms with Crippen molar-refractivity contribution < 1.29 is 4.79 Å². The number of hydrogen-bond acceptors (Lipinski definition) is 1. The minimum absolute atomic E-state index is 0.156. The van der Waals surface area contributed by atoms with Gasteiger partial charge in [0.05, 0.1) is 0 Å². The van der Waals surface area contributed by atoms with Gasteiger partial charge in [-0.1, -0.05) is 13.8 Å². The van der Waals surface area contributed by atoms with E-state index >= 15 is 0 Å². The van der Waals surface area contributed by atoms with Gasteiger partial charge in [-0.25, -0.2) is 0 Å². The third kappa shape index (κ3) is 1.42. The molecule has 4 rings (SSSR count). The number of carbonyl (C=O) groups is 1. The van der Waals surface area contributed by atoms with Gasteiger partial charge in [-0.15, -0.1) is 0 Å². The maximum absolute atomic E-state index is 11.3. The van der Waals surface area contributed by atoms with Crippen LogP contribution in [0.1, 0.15) is 52.9 Å². The maximum atomic E-state index is 11.3. The molecular weight excluding hydrogens is 198 g/mol. The number of rotatable bonds is 1. The highest BCUT2D eigenvalue weighted by Gasteiger charge is 2.58. The molecule has 0 aromatic rings. The lowest BCUT2D eigenvalue weighted by molar-refractivity contribution is -0.137. The molecule has 5 atom stereocenters. The molecule has 0 heterocycles. The van der Waals surface area contributed by atoms with Crippen molar-refractivity contribution >= 4 is 5.91 Å². The van der Waals surface area contributed by atoms with E-state index in [2.05, 4.69) is 19.2 Å². The normalized spacial score (nSPS) is 54.1. The average molecular weight is 221 g/mol. The zero-order valence-electron chi connectivity index (χ0n) is 10.7. The van der Waals surface area contributed by atoms with Crippen LogP contribution >= 0.6 is 0 Å². The van der Waals surface area contributed by atoms with Crippen LogP contribution in [0, 0.1) is 22.7 Å². The van der Waals surface area contributed by atoms with E-state index in [1.165, 1.54) is 32.1 Å². The first-order chi connectivity index (χ1) is 7.40. The van der Waals surface area contributed by atoms with Gasteiger partial charge in [0.1, 0.15) is 0 Å². The summed E-state index contributed by atoms with van der Waals surface area (Å²) in [6.07, 6.45) is 6.79. The van der Waals surface area contributed by atoms with Gasteiger partial charge in [-0.2, -0.15) is 0 Å². The Balaban J connectivity index is 1.90. The Hall–Kier alpha value is -0.530. The molecule has 0 radical (unpaired) electrons. The van der Waals surface area contributed by atoms with E-state index in [0.29, 0.717) is 16.9 Å². The van der Waals surface area contributed by atoms with Crippen LogP contribution < -0.4 is 5.32 Å². The van der Waals surface area contributed by atoms with Crippen LogP contribution in [0.2, 0.25) is 0 Å². The monoisotopic (exact) mass is 221 g/mol. The molecule has 4 saturated carbocycles. The zero-order valence-corrected chi connectivity index (χ0v) is 10.7. The molecule has 2 nitrogen and oxygen atoms in total. The molecule has 90 valence electrons. The summed E-state index contributed by atoms with van der Waals surface area (Å²) in [7, 11) is 0. The van der Waals surface area contributed by atoms with Crippen LogP contribution in [0.25, 0.3) is 0 Å². The molecule has 1 N–H and O–H groups in total. The minimum Gasteiger partial charge on any atom is -0.353 e. The first-order valence-electron chi connectivity index (χ1n) is 6.67. The highest BCUT2D eigenvalue weighted by Crippen LogP contribution is 2.64. The number of nitrogens with one attached hydrogen (secondary N) is 1. The van der Waals surface area contributed by atoms with E-state index in [-0.39, 0.29) is 5.91 Å². The third-order valence-corrected chi connectivity index (χ3v) is 5.34. The smallest absolute Gasteiger partial charge is 0.217 e. The van der Waals surface area contributed by atoms with Gasteiger partial charge in [0.25, 0.3) is 0 Å². The van der Waals surface area contributed by atoms with Crippen molar-refractivity contribution in [3.05, 3.63) is 0 Å². The Morgan fingerprint density at radius 3 is 2.56 bits per heavy atom. The van der Waals surface area contributed by atoms with Crippen LogP contribution in [0.3, 0.4) is 0 Å². The highest BCUT2D eigenvalue weighted by atomic mass is 16.1. The summed E-state index contributed by atoms with van der Waals surface area (Å²) in [6, 6.07) is 0.453. The summed E-state index contributed by atoms with van der Waals surface area (Å²) >= 11 is 0. The fourth-order valence-electron chi connectivity index (χ4n) is 5.59. The number of carbonyl (C=O) groups excluding carboxylic acids is 1. The standard InChI is InChI=1S/C14H23NO/c1-9(16)15-12-11-4-10-5-13(2,7-11)8-14(12,3)6-10/h10-12H,4-8H2,1-3H3,(H,15,16)/t10-,11+,12?,13-,14-/m1/s1. The summed E-state index contributed by atoms with van der Waals surface area (Å²) < 4.78 is 0. The predicted octanol–water partition coefficient (Wildman–Crippen LogP) is 2.73. The molecule has 16 heavy (non-hydrogen) atoms. The van der Waals surface area contributed by atoms with Crippen molar-refractivity contribution in [3.63, 3.8) is 0 Å². The molecule has 4 bridgehead atoms. The Morgan fingerprint density at radius 1 is 1.25 bits per heavy atom. The van der Waals surface area contributed by atoms with Crippen molar-refractivity contribution in [2.24, 2.45) is 22.7 Å². The van der Waals surface area contributed by atoms with Crippen LogP contribution in [-0.4, -0.2) is 11.9 Å². The number of amides is 1. The molecule has 4 fully saturated rings. The largest absolute Gasteiger partial charge is 0.353 e. The fourth-order valence-corrected chi connectivity index (χ4v) is 5.59. The topological polar surface area (TPSA) is 29.1 Å².